The summed E-state index contributed by atoms with van der Waals surface area (Å²) in [6.07, 6.45) is 10.4. The van der Waals surface area contributed by atoms with Crippen LogP contribution in [0.4, 0.5) is 11.4 Å². The Balaban J connectivity index is 1.35. The molecule has 3 aliphatic carbocycles. The van der Waals surface area contributed by atoms with E-state index in [0.29, 0.717) is 29.3 Å². The molecule has 5 heteroatoms. The van der Waals surface area contributed by atoms with E-state index in [4.69, 9.17) is 0 Å². The highest BCUT2D eigenvalue weighted by molar-refractivity contribution is 5.74. The highest BCUT2D eigenvalue weighted by Crippen LogP contribution is 2.57. The quantitative estimate of drug-likeness (QED) is 0.465. The minimum absolute atomic E-state index is 0.0788. The number of rotatable bonds is 7. The van der Waals surface area contributed by atoms with Crippen molar-refractivity contribution in [3.05, 3.63) is 55.3 Å². The fourth-order valence-electron chi connectivity index (χ4n) is 8.29. The molecular formula is C32H47N3O2. The van der Waals surface area contributed by atoms with Crippen LogP contribution in [0.1, 0.15) is 102 Å². The summed E-state index contributed by atoms with van der Waals surface area (Å²) in [7, 11) is 4.22. The lowest BCUT2D eigenvalue weighted by Gasteiger charge is -2.55. The molecule has 2 fully saturated rings. The van der Waals surface area contributed by atoms with Crippen LogP contribution in [-0.4, -0.2) is 37.6 Å². The second kappa shape index (κ2) is 9.87. The van der Waals surface area contributed by atoms with Crippen molar-refractivity contribution in [2.24, 2.45) is 11.3 Å². The third-order valence-corrected chi connectivity index (χ3v) is 10.5. The molecule has 0 spiro atoms. The Hall–Kier alpha value is -2.14. The predicted octanol–water partition coefficient (Wildman–Crippen LogP) is 5.81. The molecule has 0 aromatic heterocycles. The highest BCUT2D eigenvalue weighted by Gasteiger charge is 2.51. The van der Waals surface area contributed by atoms with Gasteiger partial charge in [-0.3, -0.25) is 9.59 Å². The molecule has 37 heavy (non-hydrogen) atoms. The van der Waals surface area contributed by atoms with Gasteiger partial charge < -0.3 is 15.5 Å². The third kappa shape index (κ3) is 4.56. The molecule has 5 atom stereocenters. The fraction of sp³-hybridized carbons (Fsp3) is 0.688. The molecule has 1 unspecified atom stereocenters. The van der Waals surface area contributed by atoms with Crippen molar-refractivity contribution in [1.29, 1.82) is 0 Å². The highest BCUT2D eigenvalue weighted by atomic mass is 16.2. The number of hydrogen-bond donors (Lipinski definition) is 2. The third-order valence-electron chi connectivity index (χ3n) is 10.5. The van der Waals surface area contributed by atoms with Crippen molar-refractivity contribution in [3.8, 4) is 0 Å². The van der Waals surface area contributed by atoms with E-state index in [1.54, 1.807) is 11.1 Å². The van der Waals surface area contributed by atoms with Gasteiger partial charge in [-0.2, -0.15) is 0 Å². The first kappa shape index (κ1) is 26.5. The summed E-state index contributed by atoms with van der Waals surface area (Å²) in [5.74, 6) is 1.11. The number of hydrogen-bond acceptors (Lipinski definition) is 5. The zero-order chi connectivity index (χ0) is 26.5. The Labute approximate surface area is 223 Å². The van der Waals surface area contributed by atoms with E-state index in [-0.39, 0.29) is 27.7 Å². The topological polar surface area (TPSA) is 61.4 Å². The van der Waals surface area contributed by atoms with Gasteiger partial charge in [0.2, 0.25) is 0 Å². The Kier molecular flexibility index (Phi) is 7.06. The Morgan fingerprint density at radius 2 is 1.70 bits per heavy atom. The first-order chi connectivity index (χ1) is 17.5. The molecule has 5 nitrogen and oxygen atoms in total. The van der Waals surface area contributed by atoms with Gasteiger partial charge in [0.1, 0.15) is 11.4 Å². The van der Waals surface area contributed by atoms with Crippen molar-refractivity contribution >= 4 is 11.4 Å². The lowest BCUT2D eigenvalue weighted by atomic mass is 9.49. The summed E-state index contributed by atoms with van der Waals surface area (Å²) in [6, 6.07) is 7.82. The lowest BCUT2D eigenvalue weighted by Crippen LogP contribution is -2.52. The van der Waals surface area contributed by atoms with Crippen molar-refractivity contribution < 1.29 is 0 Å². The van der Waals surface area contributed by atoms with Crippen molar-refractivity contribution in [1.82, 2.24) is 4.90 Å². The monoisotopic (exact) mass is 505 g/mol. The molecule has 202 valence electrons. The summed E-state index contributed by atoms with van der Waals surface area (Å²) in [6.45, 7) is 10.2. The standard InChI is InChI=1S/C32H47N3O2/c1-20(2)21-12-14-23-22(18-21)13-15-26-31(3,16-9-17-32(23,26)4)19-33-27-28(30(37)29(27)36)34-24-10-7-8-11-25(24)35(5)6/h12,14,18,20,24-26,33-34H,7-11,13,15-17,19H2,1-6H3/t24-,25-,26?,31-,32+/m0/s1. The first-order valence-electron chi connectivity index (χ1n) is 14.7. The van der Waals surface area contributed by atoms with E-state index in [0.717, 1.165) is 32.2 Å². The van der Waals surface area contributed by atoms with Crippen LogP contribution in [0.2, 0.25) is 0 Å². The molecule has 0 aliphatic heterocycles. The number of likely N-dealkylation sites (N-methyl/N-ethyl adjacent to an activating group) is 1. The second-order valence-electron chi connectivity index (χ2n) is 13.4. The Morgan fingerprint density at radius 1 is 0.973 bits per heavy atom. The average molecular weight is 506 g/mol. The molecule has 2 saturated carbocycles. The zero-order valence-corrected chi connectivity index (χ0v) is 23.9. The summed E-state index contributed by atoms with van der Waals surface area (Å²) >= 11 is 0. The maximum atomic E-state index is 12.7. The summed E-state index contributed by atoms with van der Waals surface area (Å²) in [5.41, 5.74) is 5.12. The van der Waals surface area contributed by atoms with Crippen LogP contribution in [0, 0.1) is 11.3 Å². The average Bonchev–Trinajstić information content (AvgIpc) is 2.87. The van der Waals surface area contributed by atoms with Gasteiger partial charge >= 0.3 is 0 Å². The molecule has 0 amide bonds. The molecule has 0 radical (unpaired) electrons. The largest absolute Gasteiger partial charge is 0.379 e. The van der Waals surface area contributed by atoms with Gasteiger partial charge in [-0.15, -0.1) is 0 Å². The van der Waals surface area contributed by atoms with Gasteiger partial charge in [-0.25, -0.2) is 0 Å². The van der Waals surface area contributed by atoms with Crippen LogP contribution in [-0.2, 0) is 11.8 Å². The van der Waals surface area contributed by atoms with Gasteiger partial charge in [0.05, 0.1) is 0 Å². The summed E-state index contributed by atoms with van der Waals surface area (Å²) in [4.78, 5) is 27.6. The maximum Gasteiger partial charge on any atom is 0.253 e. The van der Waals surface area contributed by atoms with E-state index in [2.05, 4.69) is 75.5 Å². The molecule has 3 aliphatic rings. The van der Waals surface area contributed by atoms with E-state index < -0.39 is 0 Å². The van der Waals surface area contributed by atoms with Gasteiger partial charge in [0.15, 0.2) is 0 Å². The first-order valence-corrected chi connectivity index (χ1v) is 14.7. The van der Waals surface area contributed by atoms with Gasteiger partial charge in [-0.1, -0.05) is 65.2 Å². The molecular weight excluding hydrogens is 458 g/mol. The minimum atomic E-state index is -0.350. The Bertz CT molecular complexity index is 1210. The number of benzene rings is 1. The van der Waals surface area contributed by atoms with E-state index in [9.17, 15) is 9.59 Å². The van der Waals surface area contributed by atoms with Crippen LogP contribution < -0.4 is 21.5 Å². The van der Waals surface area contributed by atoms with Crippen molar-refractivity contribution in [2.75, 3.05) is 31.3 Å². The smallest absolute Gasteiger partial charge is 0.253 e. The van der Waals surface area contributed by atoms with E-state index >= 15 is 0 Å². The zero-order valence-electron chi connectivity index (χ0n) is 23.9. The molecule has 0 bridgehead atoms. The van der Waals surface area contributed by atoms with Crippen molar-refractivity contribution in [3.63, 3.8) is 0 Å². The lowest BCUT2D eigenvalue weighted by molar-refractivity contribution is 0.0359. The van der Waals surface area contributed by atoms with Gasteiger partial charge in [0.25, 0.3) is 10.9 Å². The van der Waals surface area contributed by atoms with Crippen LogP contribution in [0.15, 0.2) is 27.8 Å². The fourth-order valence-corrected chi connectivity index (χ4v) is 8.29. The van der Waals surface area contributed by atoms with Crippen molar-refractivity contribution in [2.45, 2.75) is 109 Å². The number of fused-ring (bicyclic) bond motifs is 3. The summed E-state index contributed by atoms with van der Waals surface area (Å²) in [5, 5.41) is 7.04. The predicted molar refractivity (Wildman–Crippen MR) is 155 cm³/mol. The van der Waals surface area contributed by atoms with E-state index in [1.165, 1.54) is 37.7 Å². The minimum Gasteiger partial charge on any atom is -0.379 e. The van der Waals surface area contributed by atoms with Crippen LogP contribution in [0.25, 0.3) is 0 Å². The molecule has 0 saturated heterocycles. The number of aryl methyl sites for hydroxylation is 1. The normalized spacial score (nSPS) is 31.8. The molecule has 2 N–H and O–H groups in total. The van der Waals surface area contributed by atoms with Gasteiger partial charge in [0, 0.05) is 18.6 Å². The summed E-state index contributed by atoms with van der Waals surface area (Å²) < 4.78 is 0. The second-order valence-corrected chi connectivity index (χ2v) is 13.4. The van der Waals surface area contributed by atoms with Crippen LogP contribution in [0.5, 0.6) is 0 Å². The molecule has 2 aromatic carbocycles. The molecule has 5 rings (SSSR count). The maximum absolute atomic E-state index is 12.7. The van der Waals surface area contributed by atoms with Crippen LogP contribution >= 0.6 is 0 Å². The SMILES string of the molecule is CC(C)c1ccc2c(c1)CCC1[C@](C)(CNc3c(N[C@H]4CCCC[C@@H]4N(C)C)c(=O)c3=O)CCC[C@]21C. The number of anilines is 2. The molecule has 0 heterocycles. The number of nitrogens with one attached hydrogen (secondary N) is 2. The number of nitrogens with zero attached hydrogens (tertiary/aromatic N) is 1. The van der Waals surface area contributed by atoms with E-state index in [1.807, 2.05) is 0 Å². The van der Waals surface area contributed by atoms with Gasteiger partial charge in [-0.05, 0) is 92.0 Å². The Morgan fingerprint density at radius 3 is 2.43 bits per heavy atom. The molecule has 2 aromatic rings. The van der Waals surface area contributed by atoms with Crippen LogP contribution in [0.3, 0.4) is 0 Å².